The summed E-state index contributed by atoms with van der Waals surface area (Å²) in [5.74, 6) is 0. The van der Waals surface area contributed by atoms with Gasteiger partial charge in [-0.25, -0.2) is 0 Å². The molecule has 2 aromatic carbocycles. The molecule has 1 aliphatic carbocycles. The lowest BCUT2D eigenvalue weighted by atomic mass is 9.82. The predicted octanol–water partition coefficient (Wildman–Crippen LogP) is 14.7. The topological polar surface area (TPSA) is 18.5 Å². The van der Waals surface area contributed by atoms with Gasteiger partial charge >= 0.3 is 0 Å². The Bertz CT molecular complexity index is 993. The van der Waals surface area contributed by atoms with Crippen LogP contribution < -0.4 is 0 Å². The summed E-state index contributed by atoms with van der Waals surface area (Å²) < 4.78 is 18.1. The van der Waals surface area contributed by atoms with Crippen molar-refractivity contribution in [3.63, 3.8) is 0 Å². The first-order valence-electron chi connectivity index (χ1n) is 18.3. The number of hydrogen-bond acceptors (Lipinski definition) is 2. The van der Waals surface area contributed by atoms with Gasteiger partial charge in [0.25, 0.3) is 0 Å². The van der Waals surface area contributed by atoms with Crippen molar-refractivity contribution in [3.05, 3.63) is 56.5 Å². The first kappa shape index (κ1) is 38.2. The molecule has 2 nitrogen and oxygen atoms in total. The van der Waals surface area contributed by atoms with Gasteiger partial charge in [-0.3, -0.25) is 0 Å². The number of hydrogen-bond donors (Lipinski definition) is 0. The van der Waals surface area contributed by atoms with Gasteiger partial charge < -0.3 is 8.85 Å². The van der Waals surface area contributed by atoms with E-state index >= 15 is 0 Å². The zero-order valence-electron chi connectivity index (χ0n) is 28.9. The third-order valence-corrected chi connectivity index (χ3v) is 20.0. The lowest BCUT2D eigenvalue weighted by Crippen LogP contribution is -2.45. The number of unbranched alkanes of at least 4 members (excludes halogenated alkanes) is 6. The fourth-order valence-electron chi connectivity index (χ4n) is 7.24. The first-order valence-corrected chi connectivity index (χ1v) is 24.9. The summed E-state index contributed by atoms with van der Waals surface area (Å²) in [7, 11) is -4.10. The molecule has 0 saturated carbocycles. The predicted molar refractivity (Wildman–Crippen MR) is 205 cm³/mol. The molecule has 0 heterocycles. The molecule has 6 heteroatoms. The van der Waals surface area contributed by atoms with Crippen molar-refractivity contribution in [2.75, 3.05) is 0 Å². The zero-order valence-corrected chi connectivity index (χ0v) is 34.1. The Morgan fingerprint density at radius 1 is 0.477 bits per heavy atom. The van der Waals surface area contributed by atoms with Crippen LogP contribution in [-0.4, -0.2) is 16.6 Å². The van der Waals surface area contributed by atoms with Crippen LogP contribution in [0.25, 0.3) is 11.1 Å². The van der Waals surface area contributed by atoms with Crippen molar-refractivity contribution in [2.24, 2.45) is 0 Å². The van der Waals surface area contributed by atoms with E-state index in [0.717, 1.165) is 8.95 Å². The molecule has 0 N–H and O–H groups in total. The van der Waals surface area contributed by atoms with Gasteiger partial charge in [0.05, 0.1) is 0 Å². The second-order valence-corrected chi connectivity index (χ2v) is 23.6. The van der Waals surface area contributed by atoms with E-state index in [2.05, 4.69) is 110 Å². The molecule has 0 fully saturated rings. The lowest BCUT2D eigenvalue weighted by Gasteiger charge is -2.46. The summed E-state index contributed by atoms with van der Waals surface area (Å²) >= 11 is 7.75. The summed E-state index contributed by atoms with van der Waals surface area (Å²) in [5, 5.41) is 0. The van der Waals surface area contributed by atoms with E-state index in [1.54, 1.807) is 0 Å². The van der Waals surface area contributed by atoms with E-state index in [9.17, 15) is 0 Å². The number of halogens is 2. The van der Waals surface area contributed by atoms with Crippen molar-refractivity contribution in [2.45, 2.75) is 167 Å². The zero-order chi connectivity index (χ0) is 32.0. The van der Waals surface area contributed by atoms with Gasteiger partial charge in [0.2, 0.25) is 0 Å². The van der Waals surface area contributed by atoms with Gasteiger partial charge in [-0.2, -0.15) is 0 Å². The molecule has 2 atom stereocenters. The summed E-state index contributed by atoms with van der Waals surface area (Å²) in [4.78, 5) is 0. The smallest absolute Gasteiger partial charge is 0.193 e. The highest BCUT2D eigenvalue weighted by Crippen LogP contribution is 2.53. The van der Waals surface area contributed by atoms with E-state index in [0.29, 0.717) is 0 Å². The molecule has 0 amide bonds. The molecule has 1 aliphatic rings. The van der Waals surface area contributed by atoms with Crippen molar-refractivity contribution in [1.82, 2.24) is 0 Å². The number of rotatable bonds is 22. The molecule has 0 unspecified atom stereocenters. The second-order valence-electron chi connectivity index (χ2n) is 13.5. The van der Waals surface area contributed by atoms with Crippen molar-refractivity contribution in [3.8, 4) is 11.1 Å². The Labute approximate surface area is 290 Å². The van der Waals surface area contributed by atoms with Crippen LogP contribution in [0.15, 0.2) is 45.3 Å². The van der Waals surface area contributed by atoms with Crippen LogP contribution in [0.4, 0.5) is 0 Å². The molecule has 0 aliphatic heterocycles. The number of fused-ring (bicyclic) bond motifs is 3. The highest BCUT2D eigenvalue weighted by Gasteiger charge is 2.46. The normalized spacial score (nSPS) is 16.6. The van der Waals surface area contributed by atoms with Crippen LogP contribution in [0.1, 0.15) is 142 Å². The van der Waals surface area contributed by atoms with E-state index in [1.165, 1.54) is 136 Å². The average Bonchev–Trinajstić information content (AvgIpc) is 3.03. The summed E-state index contributed by atoms with van der Waals surface area (Å²) in [5.41, 5.74) is 5.33. The summed E-state index contributed by atoms with van der Waals surface area (Å²) in [6.07, 6.45) is 14.9. The van der Waals surface area contributed by atoms with Gasteiger partial charge in [-0.05, 0) is 82.8 Å². The number of benzene rings is 2. The fraction of sp³-hybridized carbons (Fsp3) is 0.684. The molecule has 2 aromatic rings. The van der Waals surface area contributed by atoms with Gasteiger partial charge in [-0.1, -0.05) is 163 Å². The van der Waals surface area contributed by atoms with Gasteiger partial charge in [-0.15, -0.1) is 0 Å². The molecule has 0 aromatic heterocycles. The molecule has 0 bridgehead atoms. The van der Waals surface area contributed by atoms with Crippen LogP contribution in [0.2, 0.25) is 36.3 Å². The Balaban J connectivity index is 2.26. The van der Waals surface area contributed by atoms with Gasteiger partial charge in [0.15, 0.2) is 16.6 Å². The van der Waals surface area contributed by atoms with Crippen LogP contribution in [-0.2, 0) is 8.85 Å². The Hall–Kier alpha value is -0.246. The van der Waals surface area contributed by atoms with Gasteiger partial charge in [0.1, 0.15) is 12.2 Å². The van der Waals surface area contributed by atoms with Crippen LogP contribution in [0.3, 0.4) is 0 Å². The van der Waals surface area contributed by atoms with Crippen molar-refractivity contribution < 1.29 is 8.85 Å². The van der Waals surface area contributed by atoms with E-state index < -0.39 is 16.6 Å². The largest absolute Gasteiger partial charge is 0.407 e. The first-order chi connectivity index (χ1) is 21.3. The standard InChI is InChI=1S/C38H62Br2O2Si2/c1-7-13-23-43(24-14-8-2,25-15-9-3)41-37-35-29-31(39)19-21-33(35)34-22-20-32(40)30-36(34)38(37)42-44(26-16-10-4,27-17-11-5)28-18-12-6/h19-22,29-30,37-38H,7-18,23-28H2,1-6H3/t37-,38-/m0/s1. The Kier molecular flexibility index (Phi) is 17.0. The Morgan fingerprint density at radius 2 is 0.750 bits per heavy atom. The monoisotopic (exact) mass is 764 g/mol. The van der Waals surface area contributed by atoms with E-state index in [1.807, 2.05) is 0 Å². The molecule has 3 rings (SSSR count). The molecule has 0 radical (unpaired) electrons. The lowest BCUT2D eigenvalue weighted by molar-refractivity contribution is 0.0333. The minimum Gasteiger partial charge on any atom is -0.407 e. The van der Waals surface area contributed by atoms with Crippen molar-refractivity contribution in [1.29, 1.82) is 0 Å². The van der Waals surface area contributed by atoms with Crippen LogP contribution in [0.5, 0.6) is 0 Å². The molecule has 44 heavy (non-hydrogen) atoms. The van der Waals surface area contributed by atoms with Crippen LogP contribution >= 0.6 is 31.9 Å². The molecule has 0 saturated heterocycles. The highest BCUT2D eigenvalue weighted by molar-refractivity contribution is 9.10. The van der Waals surface area contributed by atoms with E-state index in [-0.39, 0.29) is 12.2 Å². The van der Waals surface area contributed by atoms with Crippen molar-refractivity contribution >= 4 is 48.5 Å². The second kappa shape index (κ2) is 19.5. The average molecular weight is 767 g/mol. The SMILES string of the molecule is CCCC[Si](CCCC)(CCCC)O[C@H]1c2cc(Br)ccc2-c2ccc(Br)cc2[C@@H]1O[Si](CCCC)(CCCC)CCCC. The Morgan fingerprint density at radius 3 is 1.00 bits per heavy atom. The quantitative estimate of drug-likeness (QED) is 0.111. The maximum absolute atomic E-state index is 7.94. The highest BCUT2D eigenvalue weighted by atomic mass is 79.9. The molecule has 0 spiro atoms. The molecule has 248 valence electrons. The minimum atomic E-state index is -2.05. The molecular weight excluding hydrogens is 704 g/mol. The minimum absolute atomic E-state index is 0.0571. The maximum atomic E-state index is 7.94. The van der Waals surface area contributed by atoms with Crippen LogP contribution in [0, 0.1) is 0 Å². The third-order valence-electron chi connectivity index (χ3n) is 9.88. The summed E-state index contributed by atoms with van der Waals surface area (Å²) in [6.45, 7) is 14.1. The maximum Gasteiger partial charge on any atom is 0.193 e. The third kappa shape index (κ3) is 10.4. The van der Waals surface area contributed by atoms with Gasteiger partial charge in [0, 0.05) is 8.95 Å². The summed E-state index contributed by atoms with van der Waals surface area (Å²) in [6, 6.07) is 21.4. The molecular formula is C38H62Br2O2Si2. The van der Waals surface area contributed by atoms with E-state index in [4.69, 9.17) is 8.85 Å². The fourth-order valence-corrected chi connectivity index (χ4v) is 17.8.